The molecule has 1 amide bonds. The zero-order chi connectivity index (χ0) is 15.5. The number of methoxy groups -OCH3 is 1. The van der Waals surface area contributed by atoms with E-state index in [9.17, 15) is 4.79 Å². The van der Waals surface area contributed by atoms with E-state index < -0.39 is 0 Å². The van der Waals surface area contributed by atoms with Gasteiger partial charge in [-0.3, -0.25) is 4.79 Å². The first-order valence-electron chi connectivity index (χ1n) is 6.76. The van der Waals surface area contributed by atoms with Gasteiger partial charge in [-0.2, -0.15) is 0 Å². The van der Waals surface area contributed by atoms with Gasteiger partial charge in [-0.15, -0.1) is 0 Å². The van der Waals surface area contributed by atoms with E-state index in [1.165, 1.54) is 0 Å². The Kier molecular flexibility index (Phi) is 4.15. The van der Waals surface area contributed by atoms with Gasteiger partial charge < -0.3 is 14.5 Å². The molecule has 0 unspecified atom stereocenters. The van der Waals surface area contributed by atoms with E-state index in [4.69, 9.17) is 9.15 Å². The molecule has 22 heavy (non-hydrogen) atoms. The number of amides is 1. The van der Waals surface area contributed by atoms with Crippen molar-refractivity contribution in [3.63, 3.8) is 0 Å². The van der Waals surface area contributed by atoms with Gasteiger partial charge in [0.15, 0.2) is 5.76 Å². The monoisotopic (exact) mass is 359 g/mol. The van der Waals surface area contributed by atoms with Crippen molar-refractivity contribution in [3.05, 3.63) is 64.3 Å². The number of nitrogens with one attached hydrogen (secondary N) is 1. The number of para-hydroxylation sites is 1. The Morgan fingerprint density at radius 2 is 2.05 bits per heavy atom. The fraction of sp³-hybridized carbons (Fsp3) is 0.118. The third kappa shape index (κ3) is 2.99. The number of fused-ring (bicyclic) bond motifs is 1. The van der Waals surface area contributed by atoms with Crippen molar-refractivity contribution in [3.8, 4) is 5.75 Å². The molecule has 0 aliphatic carbocycles. The number of hydrogen-bond donors (Lipinski definition) is 1. The SMILES string of the molecule is COc1cccc(CNC(=O)c2cc3cccc(Br)c3o2)c1. The molecule has 0 spiro atoms. The van der Waals surface area contributed by atoms with Crippen molar-refractivity contribution >= 4 is 32.8 Å². The average molecular weight is 360 g/mol. The number of carbonyl (C=O) groups excluding carboxylic acids is 1. The highest BCUT2D eigenvalue weighted by Gasteiger charge is 2.13. The molecule has 0 saturated heterocycles. The number of ether oxygens (including phenoxy) is 1. The highest BCUT2D eigenvalue weighted by molar-refractivity contribution is 9.10. The molecule has 0 radical (unpaired) electrons. The topological polar surface area (TPSA) is 51.5 Å². The third-order valence-electron chi connectivity index (χ3n) is 3.31. The van der Waals surface area contributed by atoms with E-state index in [0.29, 0.717) is 17.9 Å². The molecule has 3 aromatic rings. The second-order valence-corrected chi connectivity index (χ2v) is 5.66. The number of halogens is 1. The van der Waals surface area contributed by atoms with Gasteiger partial charge in [0.05, 0.1) is 11.6 Å². The Balaban J connectivity index is 1.74. The first-order valence-corrected chi connectivity index (χ1v) is 7.56. The molecule has 112 valence electrons. The van der Waals surface area contributed by atoms with E-state index >= 15 is 0 Å². The molecule has 0 bridgehead atoms. The lowest BCUT2D eigenvalue weighted by Crippen LogP contribution is -2.22. The van der Waals surface area contributed by atoms with Crippen molar-refractivity contribution in [1.29, 1.82) is 0 Å². The second kappa shape index (κ2) is 6.23. The predicted molar refractivity (Wildman–Crippen MR) is 88.1 cm³/mol. The Morgan fingerprint density at radius 3 is 2.82 bits per heavy atom. The summed E-state index contributed by atoms with van der Waals surface area (Å²) in [5.74, 6) is 0.815. The maximum atomic E-state index is 12.2. The Morgan fingerprint density at radius 1 is 1.23 bits per heavy atom. The lowest BCUT2D eigenvalue weighted by atomic mass is 10.2. The molecule has 5 heteroatoms. The number of furan rings is 1. The minimum atomic E-state index is -0.245. The van der Waals surface area contributed by atoms with Crippen LogP contribution in [0.3, 0.4) is 0 Å². The van der Waals surface area contributed by atoms with Crippen LogP contribution in [-0.2, 0) is 6.54 Å². The summed E-state index contributed by atoms with van der Waals surface area (Å²) in [4.78, 5) is 12.2. The molecule has 1 N–H and O–H groups in total. The summed E-state index contributed by atoms with van der Waals surface area (Å²) in [6.07, 6.45) is 0. The molecule has 0 aliphatic rings. The lowest BCUT2D eigenvalue weighted by Gasteiger charge is -2.05. The highest BCUT2D eigenvalue weighted by Crippen LogP contribution is 2.26. The first-order chi connectivity index (χ1) is 10.7. The summed E-state index contributed by atoms with van der Waals surface area (Å²) < 4.78 is 11.6. The van der Waals surface area contributed by atoms with Crippen LogP contribution in [0.1, 0.15) is 16.1 Å². The van der Waals surface area contributed by atoms with Crippen LogP contribution in [0.15, 0.2) is 57.4 Å². The summed E-state index contributed by atoms with van der Waals surface area (Å²) in [6.45, 7) is 0.411. The molecule has 0 aliphatic heterocycles. The van der Waals surface area contributed by atoms with Crippen LogP contribution in [-0.4, -0.2) is 13.0 Å². The smallest absolute Gasteiger partial charge is 0.287 e. The number of hydrogen-bond acceptors (Lipinski definition) is 3. The zero-order valence-electron chi connectivity index (χ0n) is 11.9. The molecule has 2 aromatic carbocycles. The molecule has 4 nitrogen and oxygen atoms in total. The highest BCUT2D eigenvalue weighted by atomic mass is 79.9. The molecule has 0 fully saturated rings. The zero-order valence-corrected chi connectivity index (χ0v) is 13.5. The maximum Gasteiger partial charge on any atom is 0.287 e. The van der Waals surface area contributed by atoms with Gasteiger partial charge in [0.2, 0.25) is 0 Å². The summed E-state index contributed by atoms with van der Waals surface area (Å²) >= 11 is 3.41. The van der Waals surface area contributed by atoms with Crippen molar-refractivity contribution in [2.75, 3.05) is 7.11 Å². The molecule has 1 aromatic heterocycles. The summed E-state index contributed by atoms with van der Waals surface area (Å²) in [7, 11) is 1.62. The molecule has 1 heterocycles. The van der Waals surface area contributed by atoms with Gasteiger partial charge in [-0.05, 0) is 45.8 Å². The van der Waals surface area contributed by atoms with Gasteiger partial charge in [0.25, 0.3) is 5.91 Å². The standard InChI is InChI=1S/C17H14BrNO3/c1-21-13-6-2-4-11(8-13)10-19-17(20)15-9-12-5-3-7-14(18)16(12)22-15/h2-9H,10H2,1H3,(H,19,20). The summed E-state index contributed by atoms with van der Waals surface area (Å²) in [5, 5.41) is 3.73. The normalized spacial score (nSPS) is 10.6. The molecular formula is C17H14BrNO3. The number of rotatable bonds is 4. The van der Waals surface area contributed by atoms with E-state index in [-0.39, 0.29) is 5.91 Å². The van der Waals surface area contributed by atoms with Gasteiger partial charge >= 0.3 is 0 Å². The fourth-order valence-electron chi connectivity index (χ4n) is 2.19. The number of carbonyl (C=O) groups is 1. The van der Waals surface area contributed by atoms with Crippen LogP contribution < -0.4 is 10.1 Å². The number of benzene rings is 2. The van der Waals surface area contributed by atoms with Crippen LogP contribution in [0.25, 0.3) is 11.0 Å². The third-order valence-corrected chi connectivity index (χ3v) is 3.93. The minimum Gasteiger partial charge on any atom is -0.497 e. The fourth-order valence-corrected chi connectivity index (χ4v) is 2.65. The van der Waals surface area contributed by atoms with Gasteiger partial charge in [-0.25, -0.2) is 0 Å². The van der Waals surface area contributed by atoms with Gasteiger partial charge in [0.1, 0.15) is 11.3 Å². The first kappa shape index (κ1) is 14.7. The minimum absolute atomic E-state index is 0.245. The van der Waals surface area contributed by atoms with Gasteiger partial charge in [-0.1, -0.05) is 24.3 Å². The Bertz CT molecular complexity index is 826. The van der Waals surface area contributed by atoms with E-state index in [1.54, 1.807) is 13.2 Å². The van der Waals surface area contributed by atoms with Crippen LogP contribution >= 0.6 is 15.9 Å². The van der Waals surface area contributed by atoms with Crippen LogP contribution in [0.5, 0.6) is 5.75 Å². The van der Waals surface area contributed by atoms with Gasteiger partial charge in [0, 0.05) is 11.9 Å². The molecule has 0 atom stereocenters. The van der Waals surface area contributed by atoms with Crippen LogP contribution in [0, 0.1) is 0 Å². The molecule has 3 rings (SSSR count). The predicted octanol–water partition coefficient (Wildman–Crippen LogP) is 4.13. The van der Waals surface area contributed by atoms with Crippen molar-refractivity contribution in [1.82, 2.24) is 5.32 Å². The van der Waals surface area contributed by atoms with Crippen molar-refractivity contribution in [2.45, 2.75) is 6.54 Å². The Labute approximate surface area is 136 Å². The largest absolute Gasteiger partial charge is 0.497 e. The summed E-state index contributed by atoms with van der Waals surface area (Å²) in [6, 6.07) is 15.0. The molecule has 0 saturated carbocycles. The average Bonchev–Trinajstić information content (AvgIpc) is 2.98. The lowest BCUT2D eigenvalue weighted by molar-refractivity contribution is 0.0925. The van der Waals surface area contributed by atoms with Crippen LogP contribution in [0.2, 0.25) is 0 Å². The van der Waals surface area contributed by atoms with Crippen LogP contribution in [0.4, 0.5) is 0 Å². The quantitative estimate of drug-likeness (QED) is 0.761. The van der Waals surface area contributed by atoms with E-state index in [0.717, 1.165) is 21.2 Å². The molecular weight excluding hydrogens is 346 g/mol. The Hall–Kier alpha value is -2.27. The van der Waals surface area contributed by atoms with Crippen molar-refractivity contribution in [2.24, 2.45) is 0 Å². The van der Waals surface area contributed by atoms with Crippen molar-refractivity contribution < 1.29 is 13.9 Å². The van der Waals surface area contributed by atoms with E-state index in [1.807, 2.05) is 42.5 Å². The van der Waals surface area contributed by atoms with E-state index in [2.05, 4.69) is 21.2 Å². The maximum absolute atomic E-state index is 12.2. The summed E-state index contributed by atoms with van der Waals surface area (Å²) in [5.41, 5.74) is 1.64. The second-order valence-electron chi connectivity index (χ2n) is 4.80.